The van der Waals surface area contributed by atoms with E-state index in [2.05, 4.69) is 20.5 Å². The summed E-state index contributed by atoms with van der Waals surface area (Å²) in [6.45, 7) is 3.87. The molecule has 0 saturated heterocycles. The average Bonchev–Trinajstić information content (AvgIpc) is 3.18. The maximum absolute atomic E-state index is 12.8. The van der Waals surface area contributed by atoms with Gasteiger partial charge in [0.2, 0.25) is 0 Å². The number of fused-ring (bicyclic) bond motifs is 1. The Morgan fingerprint density at radius 3 is 2.81 bits per heavy atom. The SMILES string of the molecule is Cc1cc(NC(=O)c2cnn3ccc(N)nc23)n(-c2ccccc2C)n1. The summed E-state index contributed by atoms with van der Waals surface area (Å²) < 4.78 is 3.23. The number of amides is 1. The van der Waals surface area contributed by atoms with Crippen molar-refractivity contribution in [1.82, 2.24) is 24.4 Å². The number of aromatic nitrogens is 5. The fourth-order valence-electron chi connectivity index (χ4n) is 2.80. The van der Waals surface area contributed by atoms with Crippen LogP contribution in [0.4, 0.5) is 11.6 Å². The Bertz CT molecular complexity index is 1130. The van der Waals surface area contributed by atoms with Gasteiger partial charge in [-0.15, -0.1) is 0 Å². The number of nitrogen functional groups attached to an aromatic ring is 1. The van der Waals surface area contributed by atoms with E-state index in [4.69, 9.17) is 5.73 Å². The second kappa shape index (κ2) is 5.99. The van der Waals surface area contributed by atoms with Gasteiger partial charge < -0.3 is 11.1 Å². The van der Waals surface area contributed by atoms with Crippen LogP contribution in [0, 0.1) is 13.8 Å². The first-order valence-corrected chi connectivity index (χ1v) is 8.07. The highest BCUT2D eigenvalue weighted by atomic mass is 16.1. The van der Waals surface area contributed by atoms with Crippen LogP contribution < -0.4 is 11.1 Å². The van der Waals surface area contributed by atoms with Gasteiger partial charge in [-0.2, -0.15) is 10.2 Å². The Kier molecular flexibility index (Phi) is 3.65. The van der Waals surface area contributed by atoms with Crippen LogP contribution in [0.25, 0.3) is 11.3 Å². The molecule has 3 aromatic heterocycles. The minimum atomic E-state index is -0.326. The summed E-state index contributed by atoms with van der Waals surface area (Å²) in [6, 6.07) is 11.3. The molecule has 3 N–H and O–H groups in total. The molecule has 1 aromatic carbocycles. The van der Waals surface area contributed by atoms with Gasteiger partial charge in [0, 0.05) is 12.3 Å². The van der Waals surface area contributed by atoms with Crippen LogP contribution >= 0.6 is 0 Å². The number of anilines is 2. The molecule has 130 valence electrons. The lowest BCUT2D eigenvalue weighted by Crippen LogP contribution is -2.15. The molecule has 8 heteroatoms. The quantitative estimate of drug-likeness (QED) is 0.592. The maximum atomic E-state index is 12.8. The number of carbonyl (C=O) groups excluding carboxylic acids is 1. The molecule has 0 aliphatic rings. The number of para-hydroxylation sites is 1. The van der Waals surface area contributed by atoms with Gasteiger partial charge in [-0.25, -0.2) is 14.2 Å². The first-order valence-electron chi connectivity index (χ1n) is 8.07. The van der Waals surface area contributed by atoms with Crippen molar-refractivity contribution < 1.29 is 4.79 Å². The highest BCUT2D eigenvalue weighted by Crippen LogP contribution is 2.21. The lowest BCUT2D eigenvalue weighted by Gasteiger charge is -2.10. The molecule has 0 radical (unpaired) electrons. The van der Waals surface area contributed by atoms with Crippen molar-refractivity contribution in [2.75, 3.05) is 11.1 Å². The normalized spacial score (nSPS) is 11.0. The number of carbonyl (C=O) groups is 1. The number of nitrogens with one attached hydrogen (secondary N) is 1. The van der Waals surface area contributed by atoms with Crippen molar-refractivity contribution in [2.24, 2.45) is 0 Å². The molecule has 4 rings (SSSR count). The van der Waals surface area contributed by atoms with Crippen molar-refractivity contribution >= 4 is 23.2 Å². The lowest BCUT2D eigenvalue weighted by atomic mass is 10.2. The number of nitrogens with two attached hydrogens (primary N) is 1. The minimum absolute atomic E-state index is 0.326. The van der Waals surface area contributed by atoms with Crippen molar-refractivity contribution in [3.05, 3.63) is 65.6 Å². The summed E-state index contributed by atoms with van der Waals surface area (Å²) in [5.41, 5.74) is 9.22. The third kappa shape index (κ3) is 2.67. The van der Waals surface area contributed by atoms with E-state index in [0.29, 0.717) is 22.8 Å². The van der Waals surface area contributed by atoms with Gasteiger partial charge in [-0.3, -0.25) is 4.79 Å². The zero-order chi connectivity index (χ0) is 18.3. The summed E-state index contributed by atoms with van der Waals surface area (Å²) in [7, 11) is 0. The summed E-state index contributed by atoms with van der Waals surface area (Å²) in [4.78, 5) is 17.0. The van der Waals surface area contributed by atoms with Crippen LogP contribution in [0.15, 0.2) is 48.8 Å². The molecule has 1 amide bonds. The van der Waals surface area contributed by atoms with Crippen LogP contribution in [0.3, 0.4) is 0 Å². The number of benzene rings is 1. The van der Waals surface area contributed by atoms with Gasteiger partial charge in [-0.05, 0) is 31.5 Å². The molecule has 0 spiro atoms. The van der Waals surface area contributed by atoms with E-state index < -0.39 is 0 Å². The molecule has 0 bridgehead atoms. The van der Waals surface area contributed by atoms with Crippen molar-refractivity contribution in [3.63, 3.8) is 0 Å². The van der Waals surface area contributed by atoms with E-state index in [1.807, 2.05) is 44.2 Å². The first-order chi connectivity index (χ1) is 12.5. The maximum Gasteiger partial charge on any atom is 0.262 e. The van der Waals surface area contributed by atoms with Crippen molar-refractivity contribution in [1.29, 1.82) is 0 Å². The highest BCUT2D eigenvalue weighted by Gasteiger charge is 2.18. The van der Waals surface area contributed by atoms with Crippen LogP contribution in [0.5, 0.6) is 0 Å². The topological polar surface area (TPSA) is 103 Å². The average molecular weight is 347 g/mol. The fraction of sp³-hybridized carbons (Fsp3) is 0.111. The summed E-state index contributed by atoms with van der Waals surface area (Å²) in [6.07, 6.45) is 3.13. The molecular weight excluding hydrogens is 330 g/mol. The van der Waals surface area contributed by atoms with Gasteiger partial charge >= 0.3 is 0 Å². The molecule has 26 heavy (non-hydrogen) atoms. The standard InChI is InChI=1S/C18H17N7O/c1-11-5-3-4-6-14(11)25-16(9-12(2)23-25)22-18(26)13-10-20-24-8-7-15(19)21-17(13)24/h3-10H,1-2H3,(H2,19,21)(H,22,26). The number of rotatable bonds is 3. The molecule has 0 fully saturated rings. The second-order valence-electron chi connectivity index (χ2n) is 6.00. The molecule has 0 atom stereocenters. The first kappa shape index (κ1) is 15.8. The predicted molar refractivity (Wildman–Crippen MR) is 98.4 cm³/mol. The lowest BCUT2D eigenvalue weighted by molar-refractivity contribution is 0.102. The molecule has 0 saturated carbocycles. The Labute approximate surface area is 149 Å². The van der Waals surface area contributed by atoms with Gasteiger partial charge in [0.25, 0.3) is 5.91 Å². The van der Waals surface area contributed by atoms with E-state index in [1.165, 1.54) is 10.7 Å². The molecule has 0 unspecified atom stereocenters. The van der Waals surface area contributed by atoms with Gasteiger partial charge in [0.15, 0.2) is 5.65 Å². The van der Waals surface area contributed by atoms with Gasteiger partial charge in [-0.1, -0.05) is 18.2 Å². The molecular formula is C18H17N7O. The summed E-state index contributed by atoms with van der Waals surface area (Å²) >= 11 is 0. The smallest absolute Gasteiger partial charge is 0.262 e. The molecule has 0 aliphatic carbocycles. The molecule has 0 aliphatic heterocycles. The summed E-state index contributed by atoms with van der Waals surface area (Å²) in [5, 5.41) is 11.5. The predicted octanol–water partition coefficient (Wildman–Crippen LogP) is 2.37. The highest BCUT2D eigenvalue weighted by molar-refractivity contribution is 6.08. The zero-order valence-corrected chi connectivity index (χ0v) is 14.3. The third-order valence-electron chi connectivity index (χ3n) is 4.05. The Balaban J connectivity index is 1.72. The molecule has 4 aromatic rings. The largest absolute Gasteiger partial charge is 0.384 e. The Hall–Kier alpha value is -3.68. The number of aryl methyl sites for hydroxylation is 2. The van der Waals surface area contributed by atoms with Crippen LogP contribution in [0.2, 0.25) is 0 Å². The Morgan fingerprint density at radius 2 is 2.00 bits per heavy atom. The number of hydrogen-bond donors (Lipinski definition) is 2. The minimum Gasteiger partial charge on any atom is -0.384 e. The van der Waals surface area contributed by atoms with Crippen LogP contribution in [0.1, 0.15) is 21.6 Å². The van der Waals surface area contributed by atoms with Crippen molar-refractivity contribution in [2.45, 2.75) is 13.8 Å². The summed E-state index contributed by atoms with van der Waals surface area (Å²) in [5.74, 6) is 0.575. The molecule has 3 heterocycles. The Morgan fingerprint density at radius 1 is 1.19 bits per heavy atom. The van der Waals surface area contributed by atoms with E-state index in [1.54, 1.807) is 16.9 Å². The second-order valence-corrected chi connectivity index (χ2v) is 6.00. The van der Waals surface area contributed by atoms with Crippen LogP contribution in [-0.2, 0) is 0 Å². The van der Waals surface area contributed by atoms with E-state index in [0.717, 1.165) is 16.9 Å². The number of hydrogen-bond acceptors (Lipinski definition) is 5. The monoisotopic (exact) mass is 347 g/mol. The van der Waals surface area contributed by atoms with Gasteiger partial charge in [0.1, 0.15) is 17.2 Å². The fourth-order valence-corrected chi connectivity index (χ4v) is 2.80. The molecule has 8 nitrogen and oxygen atoms in total. The van der Waals surface area contributed by atoms with Crippen molar-refractivity contribution in [3.8, 4) is 5.69 Å². The van der Waals surface area contributed by atoms with E-state index >= 15 is 0 Å². The zero-order valence-electron chi connectivity index (χ0n) is 14.3. The van der Waals surface area contributed by atoms with E-state index in [-0.39, 0.29) is 5.91 Å². The van der Waals surface area contributed by atoms with Gasteiger partial charge in [0.05, 0.1) is 17.6 Å². The van der Waals surface area contributed by atoms with E-state index in [9.17, 15) is 4.79 Å². The number of nitrogens with zero attached hydrogens (tertiary/aromatic N) is 5. The van der Waals surface area contributed by atoms with Crippen LogP contribution in [-0.4, -0.2) is 30.3 Å². The third-order valence-corrected chi connectivity index (χ3v) is 4.05.